The molecule has 0 fully saturated rings. The van der Waals surface area contributed by atoms with Crippen molar-refractivity contribution in [1.82, 2.24) is 9.38 Å². The van der Waals surface area contributed by atoms with Crippen molar-refractivity contribution < 1.29 is 4.39 Å². The number of rotatable bonds is 2. The second-order valence-electron chi connectivity index (χ2n) is 4.16. The number of aromatic nitrogens is 2. The van der Waals surface area contributed by atoms with Crippen LogP contribution in [0.15, 0.2) is 54.9 Å². The maximum absolute atomic E-state index is 12.9. The maximum atomic E-state index is 12.9. The van der Waals surface area contributed by atoms with Gasteiger partial charge < -0.3 is 10.1 Å². The molecule has 0 saturated carbocycles. The molecule has 3 rings (SSSR count). The largest absolute Gasteiger partial charge is 0.319 e. The minimum atomic E-state index is -0.342. The Morgan fingerprint density at radius 3 is 2.61 bits per heavy atom. The van der Waals surface area contributed by atoms with Crippen molar-refractivity contribution in [2.24, 2.45) is 5.73 Å². The summed E-state index contributed by atoms with van der Waals surface area (Å²) in [6.07, 6.45) is 3.81. The zero-order valence-electron chi connectivity index (χ0n) is 9.62. The molecule has 1 aromatic carbocycles. The second-order valence-corrected chi connectivity index (χ2v) is 4.16. The van der Waals surface area contributed by atoms with Gasteiger partial charge in [0.05, 0.1) is 11.7 Å². The average Bonchev–Trinajstić information content (AvgIpc) is 2.82. The molecule has 0 aliphatic rings. The van der Waals surface area contributed by atoms with E-state index in [1.165, 1.54) is 12.1 Å². The predicted molar refractivity (Wildman–Crippen MR) is 67.6 cm³/mol. The molecule has 0 amide bonds. The van der Waals surface area contributed by atoms with E-state index in [0.717, 1.165) is 16.9 Å². The molecular formula is C14H12FN3. The molecule has 18 heavy (non-hydrogen) atoms. The van der Waals surface area contributed by atoms with Crippen molar-refractivity contribution in [1.29, 1.82) is 0 Å². The zero-order chi connectivity index (χ0) is 12.5. The number of imidazole rings is 1. The van der Waals surface area contributed by atoms with E-state index in [9.17, 15) is 4.39 Å². The molecular weight excluding hydrogens is 229 g/mol. The molecule has 0 radical (unpaired) electrons. The highest BCUT2D eigenvalue weighted by Crippen LogP contribution is 2.19. The third-order valence-corrected chi connectivity index (χ3v) is 2.93. The van der Waals surface area contributed by atoms with Crippen LogP contribution in [-0.2, 0) is 0 Å². The van der Waals surface area contributed by atoms with Crippen molar-refractivity contribution in [3.63, 3.8) is 0 Å². The Bertz CT molecular complexity index is 640. The summed E-state index contributed by atoms with van der Waals surface area (Å²) < 4.78 is 14.8. The minimum absolute atomic E-state index is 0.263. The molecule has 1 unspecified atom stereocenters. The summed E-state index contributed by atoms with van der Waals surface area (Å²) in [6, 6.07) is 11.6. The van der Waals surface area contributed by atoms with Crippen LogP contribution < -0.4 is 5.73 Å². The fraction of sp³-hybridized carbons (Fsp3) is 0.0714. The van der Waals surface area contributed by atoms with E-state index in [1.54, 1.807) is 12.1 Å². The molecule has 1 atom stereocenters. The lowest BCUT2D eigenvalue weighted by Crippen LogP contribution is -2.12. The number of hydrogen-bond donors (Lipinski definition) is 1. The minimum Gasteiger partial charge on any atom is -0.319 e. The molecule has 0 saturated heterocycles. The Balaban J connectivity index is 2.00. The number of hydrogen-bond acceptors (Lipinski definition) is 2. The van der Waals surface area contributed by atoms with Crippen LogP contribution >= 0.6 is 0 Å². The number of benzene rings is 1. The third-order valence-electron chi connectivity index (χ3n) is 2.93. The molecule has 0 aliphatic heterocycles. The molecule has 0 aliphatic carbocycles. The maximum Gasteiger partial charge on any atom is 0.137 e. The summed E-state index contributed by atoms with van der Waals surface area (Å²) in [4.78, 5) is 4.46. The predicted octanol–water partition coefficient (Wildman–Crippen LogP) is 2.52. The van der Waals surface area contributed by atoms with E-state index in [2.05, 4.69) is 4.98 Å². The van der Waals surface area contributed by atoms with Crippen LogP contribution in [0.5, 0.6) is 0 Å². The van der Waals surface area contributed by atoms with Gasteiger partial charge in [0.15, 0.2) is 0 Å². The molecule has 90 valence electrons. The Kier molecular flexibility index (Phi) is 2.57. The number of nitrogens with zero attached hydrogens (tertiary/aromatic N) is 2. The van der Waals surface area contributed by atoms with Crippen LogP contribution in [0.1, 0.15) is 17.3 Å². The lowest BCUT2D eigenvalue weighted by atomic mass is 10.1. The van der Waals surface area contributed by atoms with Gasteiger partial charge in [0, 0.05) is 12.4 Å². The number of nitrogens with two attached hydrogens (primary N) is 1. The molecule has 4 heteroatoms. The fourth-order valence-corrected chi connectivity index (χ4v) is 1.95. The Hall–Kier alpha value is -2.20. The summed E-state index contributed by atoms with van der Waals surface area (Å²) >= 11 is 0. The molecule has 0 bridgehead atoms. The van der Waals surface area contributed by atoms with E-state index >= 15 is 0 Å². The highest BCUT2D eigenvalue weighted by atomic mass is 19.1. The summed E-state index contributed by atoms with van der Waals surface area (Å²) in [5.41, 5.74) is 8.60. The molecule has 2 N–H and O–H groups in total. The molecule has 2 aromatic heterocycles. The summed E-state index contributed by atoms with van der Waals surface area (Å²) in [5, 5.41) is 0. The van der Waals surface area contributed by atoms with E-state index < -0.39 is 0 Å². The van der Waals surface area contributed by atoms with E-state index in [1.807, 2.05) is 35.0 Å². The molecule has 0 spiro atoms. The first-order chi connectivity index (χ1) is 8.74. The van der Waals surface area contributed by atoms with Crippen molar-refractivity contribution >= 4 is 5.65 Å². The van der Waals surface area contributed by atoms with Crippen molar-refractivity contribution in [3.8, 4) is 0 Å². The quantitative estimate of drug-likeness (QED) is 0.749. The van der Waals surface area contributed by atoms with Crippen LogP contribution in [0.2, 0.25) is 0 Å². The summed E-state index contributed by atoms with van der Waals surface area (Å²) in [7, 11) is 0. The van der Waals surface area contributed by atoms with Crippen molar-refractivity contribution in [2.45, 2.75) is 6.04 Å². The van der Waals surface area contributed by atoms with Crippen LogP contribution in [0.4, 0.5) is 4.39 Å². The summed E-state index contributed by atoms with van der Waals surface area (Å²) in [5.74, 6) is -0.263. The molecule has 2 heterocycles. The number of halogens is 1. The fourth-order valence-electron chi connectivity index (χ4n) is 1.95. The van der Waals surface area contributed by atoms with Crippen molar-refractivity contribution in [2.75, 3.05) is 0 Å². The molecule has 3 nitrogen and oxygen atoms in total. The molecule has 3 aromatic rings. The normalized spacial score (nSPS) is 12.8. The van der Waals surface area contributed by atoms with Gasteiger partial charge in [0.25, 0.3) is 0 Å². The van der Waals surface area contributed by atoms with Crippen LogP contribution in [0.3, 0.4) is 0 Å². The first-order valence-corrected chi connectivity index (χ1v) is 5.69. The summed E-state index contributed by atoms with van der Waals surface area (Å²) in [6.45, 7) is 0. The topological polar surface area (TPSA) is 43.3 Å². The number of pyridine rings is 1. The standard InChI is InChI=1S/C14H12FN3/c15-11-6-4-10(5-7-11)14(16)12-9-18-8-2-1-3-13(18)17-12/h1-9,14H,16H2. The van der Waals surface area contributed by atoms with Gasteiger partial charge in [-0.1, -0.05) is 18.2 Å². The highest BCUT2D eigenvalue weighted by molar-refractivity contribution is 5.41. The SMILES string of the molecule is NC(c1ccc(F)cc1)c1cn2ccccc2n1. The second kappa shape index (κ2) is 4.23. The average molecular weight is 241 g/mol. The van der Waals surface area contributed by atoms with Gasteiger partial charge in [-0.15, -0.1) is 0 Å². The van der Waals surface area contributed by atoms with Gasteiger partial charge >= 0.3 is 0 Å². The van der Waals surface area contributed by atoms with Gasteiger partial charge in [0.2, 0.25) is 0 Å². The first kappa shape index (κ1) is 10.9. The van der Waals surface area contributed by atoms with Crippen LogP contribution in [0.25, 0.3) is 5.65 Å². The van der Waals surface area contributed by atoms with Gasteiger partial charge in [-0.2, -0.15) is 0 Å². The lowest BCUT2D eigenvalue weighted by molar-refractivity contribution is 0.626. The third kappa shape index (κ3) is 1.87. The van der Waals surface area contributed by atoms with Crippen molar-refractivity contribution in [3.05, 3.63) is 71.9 Å². The van der Waals surface area contributed by atoms with Crippen LogP contribution in [-0.4, -0.2) is 9.38 Å². The van der Waals surface area contributed by atoms with E-state index in [0.29, 0.717) is 0 Å². The van der Waals surface area contributed by atoms with Gasteiger partial charge in [-0.3, -0.25) is 0 Å². The van der Waals surface area contributed by atoms with Gasteiger partial charge in [-0.05, 0) is 29.8 Å². The number of fused-ring (bicyclic) bond motifs is 1. The smallest absolute Gasteiger partial charge is 0.137 e. The lowest BCUT2D eigenvalue weighted by Gasteiger charge is -2.08. The Morgan fingerprint density at radius 1 is 1.11 bits per heavy atom. The monoisotopic (exact) mass is 241 g/mol. The van der Waals surface area contributed by atoms with Gasteiger partial charge in [-0.25, -0.2) is 9.37 Å². The highest BCUT2D eigenvalue weighted by Gasteiger charge is 2.12. The van der Waals surface area contributed by atoms with Crippen LogP contribution in [0, 0.1) is 5.82 Å². The Labute approximate surface area is 104 Å². The van der Waals surface area contributed by atoms with E-state index in [-0.39, 0.29) is 11.9 Å². The first-order valence-electron chi connectivity index (χ1n) is 5.69. The van der Waals surface area contributed by atoms with Gasteiger partial charge in [0.1, 0.15) is 11.5 Å². The zero-order valence-corrected chi connectivity index (χ0v) is 9.62. The Morgan fingerprint density at radius 2 is 1.89 bits per heavy atom. The van der Waals surface area contributed by atoms with E-state index in [4.69, 9.17) is 5.73 Å².